The first-order valence-electron chi connectivity index (χ1n) is 8.57. The van der Waals surface area contributed by atoms with Gasteiger partial charge in [-0.15, -0.1) is 11.3 Å². The molecule has 0 saturated carbocycles. The maximum Gasteiger partial charge on any atom is 0.263 e. The van der Waals surface area contributed by atoms with E-state index in [9.17, 15) is 9.18 Å². The topological polar surface area (TPSA) is 34.9 Å². The number of rotatable bonds is 4. The second-order valence-electron chi connectivity index (χ2n) is 6.26. The fourth-order valence-electron chi connectivity index (χ4n) is 3.07. The Morgan fingerprint density at radius 3 is 2.67 bits per heavy atom. The SMILES string of the molecule is CCc1ccc(-c2csc3ncn(Cc4c(F)cccc4Cl)c(=O)c23)cc1. The minimum absolute atomic E-state index is 0.0390. The van der Waals surface area contributed by atoms with Crippen molar-refractivity contribution in [1.29, 1.82) is 0 Å². The van der Waals surface area contributed by atoms with Crippen LogP contribution in [0.5, 0.6) is 0 Å². The van der Waals surface area contributed by atoms with Gasteiger partial charge in [-0.1, -0.05) is 48.9 Å². The number of hydrogen-bond donors (Lipinski definition) is 0. The molecule has 6 heteroatoms. The maximum absolute atomic E-state index is 14.1. The fraction of sp³-hybridized carbons (Fsp3) is 0.143. The van der Waals surface area contributed by atoms with Crippen LogP contribution < -0.4 is 5.56 Å². The third-order valence-electron chi connectivity index (χ3n) is 4.62. The van der Waals surface area contributed by atoms with Gasteiger partial charge in [0.25, 0.3) is 5.56 Å². The van der Waals surface area contributed by atoms with Gasteiger partial charge in [0.2, 0.25) is 0 Å². The average Bonchev–Trinajstić information content (AvgIpc) is 3.11. The van der Waals surface area contributed by atoms with E-state index < -0.39 is 5.82 Å². The highest BCUT2D eigenvalue weighted by Gasteiger charge is 2.15. The van der Waals surface area contributed by atoms with Crippen molar-refractivity contribution in [3.63, 3.8) is 0 Å². The normalized spacial score (nSPS) is 11.2. The molecule has 0 atom stereocenters. The van der Waals surface area contributed by atoms with Crippen molar-refractivity contribution in [3.8, 4) is 11.1 Å². The Hall–Kier alpha value is -2.50. The number of aromatic nitrogens is 2. The number of hydrogen-bond acceptors (Lipinski definition) is 3. The first-order chi connectivity index (χ1) is 13.1. The molecule has 0 fully saturated rings. The second kappa shape index (κ2) is 7.25. The Morgan fingerprint density at radius 2 is 1.96 bits per heavy atom. The summed E-state index contributed by atoms with van der Waals surface area (Å²) in [6, 6.07) is 12.7. The zero-order chi connectivity index (χ0) is 19.0. The van der Waals surface area contributed by atoms with Gasteiger partial charge in [0, 0.05) is 21.5 Å². The zero-order valence-electron chi connectivity index (χ0n) is 14.6. The van der Waals surface area contributed by atoms with Gasteiger partial charge in [0.05, 0.1) is 18.3 Å². The van der Waals surface area contributed by atoms with E-state index in [2.05, 4.69) is 24.0 Å². The third kappa shape index (κ3) is 3.29. The van der Waals surface area contributed by atoms with Gasteiger partial charge < -0.3 is 0 Å². The van der Waals surface area contributed by atoms with Gasteiger partial charge in [-0.2, -0.15) is 0 Å². The Labute approximate surface area is 164 Å². The van der Waals surface area contributed by atoms with Gasteiger partial charge in [-0.3, -0.25) is 9.36 Å². The molecule has 2 aromatic heterocycles. The third-order valence-corrected chi connectivity index (χ3v) is 5.86. The molecule has 4 aromatic rings. The minimum Gasteiger partial charge on any atom is -0.294 e. The van der Waals surface area contributed by atoms with E-state index in [-0.39, 0.29) is 17.7 Å². The van der Waals surface area contributed by atoms with E-state index in [0.717, 1.165) is 17.5 Å². The summed E-state index contributed by atoms with van der Waals surface area (Å²) < 4.78 is 15.5. The van der Waals surface area contributed by atoms with Gasteiger partial charge in [-0.05, 0) is 29.7 Å². The molecule has 0 unspecified atom stereocenters. The monoisotopic (exact) mass is 398 g/mol. The van der Waals surface area contributed by atoms with E-state index in [1.807, 2.05) is 17.5 Å². The molecule has 0 aliphatic carbocycles. The van der Waals surface area contributed by atoms with Crippen LogP contribution in [0.15, 0.2) is 59.0 Å². The van der Waals surface area contributed by atoms with Crippen molar-refractivity contribution < 1.29 is 4.39 Å². The average molecular weight is 399 g/mol. The van der Waals surface area contributed by atoms with Crippen molar-refractivity contribution in [2.24, 2.45) is 0 Å². The van der Waals surface area contributed by atoms with Gasteiger partial charge in [0.1, 0.15) is 10.6 Å². The molecule has 2 heterocycles. The lowest BCUT2D eigenvalue weighted by Crippen LogP contribution is -2.21. The minimum atomic E-state index is -0.435. The number of benzene rings is 2. The summed E-state index contributed by atoms with van der Waals surface area (Å²) in [4.78, 5) is 18.2. The highest BCUT2D eigenvalue weighted by molar-refractivity contribution is 7.17. The van der Waals surface area contributed by atoms with Crippen molar-refractivity contribution in [2.45, 2.75) is 19.9 Å². The molecule has 27 heavy (non-hydrogen) atoms. The van der Waals surface area contributed by atoms with Crippen LogP contribution in [0.25, 0.3) is 21.3 Å². The highest BCUT2D eigenvalue weighted by atomic mass is 35.5. The standard InChI is InChI=1S/C21H16ClFN2OS/c1-2-13-6-8-14(9-7-13)16-11-27-20-19(16)21(26)25(12-24-20)10-15-17(22)4-3-5-18(15)23/h3-9,11-12H,2,10H2,1H3. The zero-order valence-corrected chi connectivity index (χ0v) is 16.1. The van der Waals surface area contributed by atoms with Crippen LogP contribution in [-0.4, -0.2) is 9.55 Å². The van der Waals surface area contributed by atoms with E-state index in [4.69, 9.17) is 11.6 Å². The van der Waals surface area contributed by atoms with Gasteiger partial charge in [0.15, 0.2) is 0 Å². The Morgan fingerprint density at radius 1 is 1.19 bits per heavy atom. The van der Waals surface area contributed by atoms with Crippen molar-refractivity contribution >= 4 is 33.2 Å². The second-order valence-corrected chi connectivity index (χ2v) is 7.52. The predicted octanol–water partition coefficient (Wildman–Crippen LogP) is 5.53. The summed E-state index contributed by atoms with van der Waals surface area (Å²) in [5.74, 6) is -0.435. The molecule has 0 radical (unpaired) electrons. The molecular weight excluding hydrogens is 383 g/mol. The summed E-state index contributed by atoms with van der Waals surface area (Å²) in [6.07, 6.45) is 2.41. The summed E-state index contributed by atoms with van der Waals surface area (Å²) in [5.41, 5.74) is 3.15. The quantitative estimate of drug-likeness (QED) is 0.453. The van der Waals surface area contributed by atoms with E-state index in [0.29, 0.717) is 15.2 Å². The molecule has 0 bridgehead atoms. The number of aryl methyl sites for hydroxylation is 1. The lowest BCUT2D eigenvalue weighted by atomic mass is 10.0. The van der Waals surface area contributed by atoms with Crippen LogP contribution >= 0.6 is 22.9 Å². The van der Waals surface area contributed by atoms with Crippen LogP contribution in [-0.2, 0) is 13.0 Å². The predicted molar refractivity (Wildman–Crippen MR) is 109 cm³/mol. The van der Waals surface area contributed by atoms with E-state index >= 15 is 0 Å². The van der Waals surface area contributed by atoms with Crippen molar-refractivity contribution in [2.75, 3.05) is 0 Å². The molecule has 0 saturated heterocycles. The van der Waals surface area contributed by atoms with Crippen LogP contribution in [0.2, 0.25) is 5.02 Å². The van der Waals surface area contributed by atoms with Crippen LogP contribution in [0.1, 0.15) is 18.1 Å². The number of fused-ring (bicyclic) bond motifs is 1. The molecule has 4 rings (SSSR count). The first-order valence-corrected chi connectivity index (χ1v) is 9.83. The first kappa shape index (κ1) is 17.9. The van der Waals surface area contributed by atoms with Crippen LogP contribution in [0.3, 0.4) is 0 Å². The van der Waals surface area contributed by atoms with Crippen molar-refractivity contribution in [3.05, 3.63) is 86.5 Å². The molecule has 0 aliphatic rings. The molecule has 136 valence electrons. The van der Waals surface area contributed by atoms with Crippen molar-refractivity contribution in [1.82, 2.24) is 9.55 Å². The van der Waals surface area contributed by atoms with E-state index in [1.54, 1.807) is 12.1 Å². The summed E-state index contributed by atoms with van der Waals surface area (Å²) in [5, 5.41) is 2.79. The largest absolute Gasteiger partial charge is 0.294 e. The molecule has 0 aliphatic heterocycles. The molecule has 0 spiro atoms. The van der Waals surface area contributed by atoms with Gasteiger partial charge >= 0.3 is 0 Å². The molecule has 3 nitrogen and oxygen atoms in total. The maximum atomic E-state index is 14.1. The summed E-state index contributed by atoms with van der Waals surface area (Å²) >= 11 is 7.54. The molecule has 0 N–H and O–H groups in total. The molecule has 0 amide bonds. The Kier molecular flexibility index (Phi) is 4.81. The van der Waals surface area contributed by atoms with Gasteiger partial charge in [-0.25, -0.2) is 9.37 Å². The number of halogens is 2. The highest BCUT2D eigenvalue weighted by Crippen LogP contribution is 2.31. The van der Waals surface area contributed by atoms with Crippen LogP contribution in [0, 0.1) is 5.82 Å². The number of nitrogens with zero attached hydrogens (tertiary/aromatic N) is 2. The Balaban J connectivity index is 1.83. The summed E-state index contributed by atoms with van der Waals surface area (Å²) in [7, 11) is 0. The van der Waals surface area contributed by atoms with Crippen LogP contribution in [0.4, 0.5) is 4.39 Å². The smallest absolute Gasteiger partial charge is 0.263 e. The lowest BCUT2D eigenvalue weighted by Gasteiger charge is -2.09. The lowest BCUT2D eigenvalue weighted by molar-refractivity contribution is 0.595. The number of thiophene rings is 1. The Bertz CT molecular complexity index is 1160. The summed E-state index contributed by atoms with van der Waals surface area (Å²) in [6.45, 7) is 2.14. The molecule has 2 aromatic carbocycles. The fourth-order valence-corrected chi connectivity index (χ4v) is 4.20. The molecular formula is C21H16ClFN2OS. The van der Waals surface area contributed by atoms with E-state index in [1.165, 1.54) is 33.9 Å².